The Morgan fingerprint density at radius 2 is 2.00 bits per heavy atom. The van der Waals surface area contributed by atoms with Crippen molar-refractivity contribution in [3.05, 3.63) is 0 Å². The SMILES string of the molecule is CC1CCCC1CNC(=O)C1CCCC1N. The monoisotopic (exact) mass is 224 g/mol. The van der Waals surface area contributed by atoms with Crippen LogP contribution in [0, 0.1) is 17.8 Å². The maximum Gasteiger partial charge on any atom is 0.224 e. The van der Waals surface area contributed by atoms with Gasteiger partial charge in [-0.05, 0) is 31.1 Å². The van der Waals surface area contributed by atoms with E-state index in [1.165, 1.54) is 19.3 Å². The zero-order chi connectivity index (χ0) is 11.5. The predicted molar refractivity (Wildman–Crippen MR) is 64.8 cm³/mol. The molecule has 2 saturated carbocycles. The number of nitrogens with two attached hydrogens (primary N) is 1. The van der Waals surface area contributed by atoms with Gasteiger partial charge >= 0.3 is 0 Å². The van der Waals surface area contributed by atoms with E-state index < -0.39 is 0 Å². The first kappa shape index (κ1) is 11.9. The number of carbonyl (C=O) groups excluding carboxylic acids is 1. The lowest BCUT2D eigenvalue weighted by Gasteiger charge is -2.19. The predicted octanol–water partition coefficient (Wildman–Crippen LogP) is 1.67. The van der Waals surface area contributed by atoms with Crippen LogP contribution in [0.4, 0.5) is 0 Å². The molecule has 2 rings (SSSR count). The van der Waals surface area contributed by atoms with Crippen molar-refractivity contribution in [3.63, 3.8) is 0 Å². The molecule has 3 nitrogen and oxygen atoms in total. The Balaban J connectivity index is 1.75. The molecule has 0 aromatic rings. The first-order chi connectivity index (χ1) is 7.68. The van der Waals surface area contributed by atoms with Crippen molar-refractivity contribution in [1.29, 1.82) is 0 Å². The summed E-state index contributed by atoms with van der Waals surface area (Å²) in [6.45, 7) is 3.16. The molecule has 0 bridgehead atoms. The Hall–Kier alpha value is -0.570. The van der Waals surface area contributed by atoms with Gasteiger partial charge in [0.1, 0.15) is 0 Å². The van der Waals surface area contributed by atoms with Crippen molar-refractivity contribution in [2.75, 3.05) is 6.54 Å². The van der Waals surface area contributed by atoms with Crippen LogP contribution < -0.4 is 11.1 Å². The molecule has 3 heteroatoms. The van der Waals surface area contributed by atoms with Crippen LogP contribution in [0.1, 0.15) is 45.4 Å². The van der Waals surface area contributed by atoms with Gasteiger partial charge in [0, 0.05) is 12.6 Å². The van der Waals surface area contributed by atoms with Crippen LogP contribution in [0.25, 0.3) is 0 Å². The van der Waals surface area contributed by atoms with E-state index in [1.54, 1.807) is 0 Å². The van der Waals surface area contributed by atoms with Gasteiger partial charge in [-0.3, -0.25) is 4.79 Å². The van der Waals surface area contributed by atoms with E-state index >= 15 is 0 Å². The Bertz CT molecular complexity index is 254. The molecule has 0 spiro atoms. The molecular weight excluding hydrogens is 200 g/mol. The van der Waals surface area contributed by atoms with Crippen LogP contribution in [0.5, 0.6) is 0 Å². The minimum Gasteiger partial charge on any atom is -0.356 e. The minimum atomic E-state index is 0.0803. The number of carbonyl (C=O) groups is 1. The Morgan fingerprint density at radius 1 is 1.25 bits per heavy atom. The summed E-state index contributed by atoms with van der Waals surface area (Å²) < 4.78 is 0. The molecule has 2 aliphatic rings. The molecule has 2 aliphatic carbocycles. The molecule has 0 heterocycles. The molecule has 4 unspecified atom stereocenters. The van der Waals surface area contributed by atoms with Gasteiger partial charge in [0.25, 0.3) is 0 Å². The van der Waals surface area contributed by atoms with Gasteiger partial charge in [-0.15, -0.1) is 0 Å². The second kappa shape index (κ2) is 5.17. The summed E-state index contributed by atoms with van der Waals surface area (Å²) in [4.78, 5) is 11.9. The van der Waals surface area contributed by atoms with Gasteiger partial charge < -0.3 is 11.1 Å². The highest BCUT2D eigenvalue weighted by Gasteiger charge is 2.31. The van der Waals surface area contributed by atoms with Gasteiger partial charge in [-0.1, -0.05) is 26.2 Å². The third-order valence-electron chi connectivity index (χ3n) is 4.48. The topological polar surface area (TPSA) is 55.1 Å². The van der Waals surface area contributed by atoms with E-state index in [-0.39, 0.29) is 17.9 Å². The number of hydrogen-bond acceptors (Lipinski definition) is 2. The lowest BCUT2D eigenvalue weighted by molar-refractivity contribution is -0.125. The normalized spacial score (nSPS) is 38.9. The molecule has 0 saturated heterocycles. The van der Waals surface area contributed by atoms with Crippen molar-refractivity contribution in [2.45, 2.75) is 51.5 Å². The smallest absolute Gasteiger partial charge is 0.224 e. The molecular formula is C13H24N2O. The van der Waals surface area contributed by atoms with Gasteiger partial charge in [0.15, 0.2) is 0 Å². The van der Waals surface area contributed by atoms with Gasteiger partial charge in [-0.2, -0.15) is 0 Å². The van der Waals surface area contributed by atoms with Crippen LogP contribution in [0.15, 0.2) is 0 Å². The van der Waals surface area contributed by atoms with E-state index in [4.69, 9.17) is 5.73 Å². The highest BCUT2D eigenvalue weighted by atomic mass is 16.1. The quantitative estimate of drug-likeness (QED) is 0.766. The third-order valence-corrected chi connectivity index (χ3v) is 4.48. The summed E-state index contributed by atoms with van der Waals surface area (Å²) in [6.07, 6.45) is 7.02. The van der Waals surface area contributed by atoms with E-state index in [9.17, 15) is 4.79 Å². The Morgan fingerprint density at radius 3 is 2.56 bits per heavy atom. The summed E-state index contributed by atoms with van der Waals surface area (Å²) in [6, 6.07) is 0.0981. The van der Waals surface area contributed by atoms with Crippen molar-refractivity contribution < 1.29 is 4.79 Å². The number of nitrogens with one attached hydrogen (secondary N) is 1. The highest BCUT2D eigenvalue weighted by molar-refractivity contribution is 5.79. The molecule has 92 valence electrons. The first-order valence-electron chi connectivity index (χ1n) is 6.71. The maximum absolute atomic E-state index is 11.9. The van der Waals surface area contributed by atoms with Crippen molar-refractivity contribution in [2.24, 2.45) is 23.5 Å². The molecule has 0 aromatic carbocycles. The van der Waals surface area contributed by atoms with Gasteiger partial charge in [0.2, 0.25) is 5.91 Å². The second-order valence-electron chi connectivity index (χ2n) is 5.61. The first-order valence-corrected chi connectivity index (χ1v) is 6.71. The molecule has 2 fully saturated rings. The molecule has 16 heavy (non-hydrogen) atoms. The fourth-order valence-corrected chi connectivity index (χ4v) is 3.20. The Kier molecular flexibility index (Phi) is 3.85. The van der Waals surface area contributed by atoms with E-state index in [2.05, 4.69) is 12.2 Å². The van der Waals surface area contributed by atoms with E-state index in [0.717, 1.165) is 31.7 Å². The molecule has 0 aromatic heterocycles. The largest absolute Gasteiger partial charge is 0.356 e. The van der Waals surface area contributed by atoms with Crippen LogP contribution in [-0.2, 0) is 4.79 Å². The molecule has 1 amide bonds. The average molecular weight is 224 g/mol. The van der Waals surface area contributed by atoms with E-state index in [0.29, 0.717) is 5.92 Å². The van der Waals surface area contributed by atoms with Crippen LogP contribution in [-0.4, -0.2) is 18.5 Å². The molecule has 0 radical (unpaired) electrons. The second-order valence-corrected chi connectivity index (χ2v) is 5.61. The Labute approximate surface area is 98.2 Å². The maximum atomic E-state index is 11.9. The van der Waals surface area contributed by atoms with Crippen LogP contribution >= 0.6 is 0 Å². The lowest BCUT2D eigenvalue weighted by Crippen LogP contribution is -2.40. The minimum absolute atomic E-state index is 0.0803. The molecule has 4 atom stereocenters. The summed E-state index contributed by atoms with van der Waals surface area (Å²) in [5, 5.41) is 3.11. The molecule has 3 N–H and O–H groups in total. The van der Waals surface area contributed by atoms with Crippen molar-refractivity contribution in [3.8, 4) is 0 Å². The van der Waals surface area contributed by atoms with Crippen molar-refractivity contribution >= 4 is 5.91 Å². The number of rotatable bonds is 3. The van der Waals surface area contributed by atoms with Crippen LogP contribution in [0.2, 0.25) is 0 Å². The lowest BCUT2D eigenvalue weighted by atomic mass is 9.97. The summed E-state index contributed by atoms with van der Waals surface area (Å²) in [5.74, 6) is 1.75. The standard InChI is InChI=1S/C13H24N2O/c1-9-4-2-5-10(9)8-15-13(16)11-6-3-7-12(11)14/h9-12H,2-8,14H2,1H3,(H,15,16). The fraction of sp³-hybridized carbons (Fsp3) is 0.923. The van der Waals surface area contributed by atoms with Gasteiger partial charge in [0.05, 0.1) is 5.92 Å². The number of amides is 1. The zero-order valence-corrected chi connectivity index (χ0v) is 10.2. The molecule has 0 aliphatic heterocycles. The summed E-state index contributed by atoms with van der Waals surface area (Å²) in [5.41, 5.74) is 5.93. The third kappa shape index (κ3) is 2.57. The van der Waals surface area contributed by atoms with Crippen molar-refractivity contribution in [1.82, 2.24) is 5.32 Å². The fourth-order valence-electron chi connectivity index (χ4n) is 3.20. The summed E-state index contributed by atoms with van der Waals surface area (Å²) >= 11 is 0. The zero-order valence-electron chi connectivity index (χ0n) is 10.2. The highest BCUT2D eigenvalue weighted by Crippen LogP contribution is 2.30. The summed E-state index contributed by atoms with van der Waals surface area (Å²) in [7, 11) is 0. The van der Waals surface area contributed by atoms with Crippen LogP contribution in [0.3, 0.4) is 0 Å². The average Bonchev–Trinajstić information content (AvgIpc) is 2.84. The number of hydrogen-bond donors (Lipinski definition) is 2. The van der Waals surface area contributed by atoms with Gasteiger partial charge in [-0.25, -0.2) is 0 Å². The van der Waals surface area contributed by atoms with E-state index in [1.807, 2.05) is 0 Å².